The van der Waals surface area contributed by atoms with E-state index in [4.69, 9.17) is 30.5 Å². The first kappa shape index (κ1) is 27.9. The molecule has 1 aromatic carbocycles. The Morgan fingerprint density at radius 2 is 1.73 bits per heavy atom. The first-order chi connectivity index (χ1) is 17.3. The topological polar surface area (TPSA) is 118 Å². The third kappa shape index (κ3) is 7.64. The smallest absolute Gasteiger partial charge is 0.435 e. The van der Waals surface area contributed by atoms with Gasteiger partial charge in [-0.25, -0.2) is 19.5 Å². The zero-order valence-corrected chi connectivity index (χ0v) is 22.6. The van der Waals surface area contributed by atoms with Gasteiger partial charge in [0.25, 0.3) is 0 Å². The Bertz CT molecular complexity index is 1260. The number of ether oxygens (including phenoxy) is 4. The minimum atomic E-state index is -0.782. The normalized spacial score (nSPS) is 11.7. The standard InChI is InChI=1S/C25H30ClN5O6/c1-24(2,3)36-22(32)30-14-17(13-28-30)16-8-9-18(19(12-16)35-15-34-7)31(23(33)37-25(4,5)6)20-10-11-27-21(26)29-20/h8-14H,15H2,1-7H3. The quantitative estimate of drug-likeness (QED) is 0.286. The number of carbonyl (C=O) groups excluding carboxylic acids is 2. The Morgan fingerprint density at radius 3 is 2.35 bits per heavy atom. The van der Waals surface area contributed by atoms with Crippen LogP contribution in [0.3, 0.4) is 0 Å². The summed E-state index contributed by atoms with van der Waals surface area (Å²) < 4.78 is 23.0. The molecule has 11 nitrogen and oxygen atoms in total. The Morgan fingerprint density at radius 1 is 1.03 bits per heavy atom. The van der Waals surface area contributed by atoms with Gasteiger partial charge < -0.3 is 18.9 Å². The molecular formula is C25H30ClN5O6. The molecule has 0 N–H and O–H groups in total. The van der Waals surface area contributed by atoms with E-state index in [1.54, 1.807) is 65.9 Å². The molecule has 1 amide bonds. The van der Waals surface area contributed by atoms with E-state index >= 15 is 0 Å². The number of hydrogen-bond donors (Lipinski definition) is 0. The second-order valence-electron chi connectivity index (χ2n) is 9.89. The van der Waals surface area contributed by atoms with Crippen LogP contribution in [0.25, 0.3) is 11.1 Å². The van der Waals surface area contributed by atoms with Gasteiger partial charge in [0, 0.05) is 31.1 Å². The highest BCUT2D eigenvalue weighted by atomic mass is 35.5. The van der Waals surface area contributed by atoms with Crippen LogP contribution in [-0.2, 0) is 14.2 Å². The summed E-state index contributed by atoms with van der Waals surface area (Å²) in [4.78, 5) is 35.0. The maximum Gasteiger partial charge on any atom is 0.435 e. The van der Waals surface area contributed by atoms with Crippen molar-refractivity contribution in [2.24, 2.45) is 0 Å². The molecule has 2 heterocycles. The zero-order valence-electron chi connectivity index (χ0n) is 21.8. The summed E-state index contributed by atoms with van der Waals surface area (Å²) in [5, 5.41) is 4.07. The monoisotopic (exact) mass is 531 g/mol. The lowest BCUT2D eigenvalue weighted by atomic mass is 10.1. The summed E-state index contributed by atoms with van der Waals surface area (Å²) >= 11 is 6.01. The van der Waals surface area contributed by atoms with Crippen LogP contribution in [0.5, 0.6) is 5.75 Å². The van der Waals surface area contributed by atoms with Crippen LogP contribution < -0.4 is 9.64 Å². The highest BCUT2D eigenvalue weighted by Gasteiger charge is 2.29. The molecule has 0 fully saturated rings. The highest BCUT2D eigenvalue weighted by molar-refractivity contribution is 6.28. The van der Waals surface area contributed by atoms with Crippen molar-refractivity contribution in [2.75, 3.05) is 18.8 Å². The van der Waals surface area contributed by atoms with Gasteiger partial charge in [0.15, 0.2) is 6.79 Å². The fourth-order valence-electron chi connectivity index (χ4n) is 3.07. The van der Waals surface area contributed by atoms with E-state index in [1.165, 1.54) is 30.5 Å². The molecule has 0 aliphatic heterocycles. The van der Waals surface area contributed by atoms with Crippen LogP contribution in [0.15, 0.2) is 42.9 Å². The van der Waals surface area contributed by atoms with E-state index in [1.807, 2.05) is 0 Å². The minimum absolute atomic E-state index is 0.0448. The number of anilines is 2. The van der Waals surface area contributed by atoms with Crippen LogP contribution >= 0.6 is 11.6 Å². The third-order valence-electron chi connectivity index (χ3n) is 4.45. The molecule has 0 saturated carbocycles. The average Bonchev–Trinajstić information content (AvgIpc) is 3.27. The fraction of sp³-hybridized carbons (Fsp3) is 0.400. The average molecular weight is 532 g/mol. The second-order valence-corrected chi connectivity index (χ2v) is 10.2. The van der Waals surface area contributed by atoms with Crippen LogP contribution in [-0.4, -0.2) is 57.0 Å². The molecule has 0 bridgehead atoms. The van der Waals surface area contributed by atoms with E-state index < -0.39 is 23.4 Å². The molecule has 198 valence electrons. The van der Waals surface area contributed by atoms with Crippen molar-refractivity contribution >= 4 is 35.3 Å². The van der Waals surface area contributed by atoms with E-state index in [2.05, 4.69) is 15.1 Å². The maximum absolute atomic E-state index is 13.3. The summed E-state index contributed by atoms with van der Waals surface area (Å²) in [7, 11) is 1.48. The number of rotatable bonds is 6. The van der Waals surface area contributed by atoms with Gasteiger partial charge in [-0.05, 0) is 70.8 Å². The highest BCUT2D eigenvalue weighted by Crippen LogP contribution is 2.38. The van der Waals surface area contributed by atoms with Crippen molar-refractivity contribution in [1.29, 1.82) is 0 Å². The summed E-state index contributed by atoms with van der Waals surface area (Å²) in [5.41, 5.74) is 0.157. The lowest BCUT2D eigenvalue weighted by Gasteiger charge is -2.28. The SMILES string of the molecule is COCOc1cc(-c2cnn(C(=O)OC(C)(C)C)c2)ccc1N(C(=O)OC(C)(C)C)c1ccnc(Cl)n1. The molecule has 0 aliphatic rings. The molecule has 12 heteroatoms. The Kier molecular flexibility index (Phi) is 8.39. The molecule has 3 rings (SSSR count). The number of hydrogen-bond acceptors (Lipinski definition) is 9. The Hall–Kier alpha value is -3.70. The molecule has 0 aliphatic carbocycles. The first-order valence-electron chi connectivity index (χ1n) is 11.3. The maximum atomic E-state index is 13.3. The van der Waals surface area contributed by atoms with Gasteiger partial charge in [0.1, 0.15) is 22.8 Å². The van der Waals surface area contributed by atoms with E-state index in [0.29, 0.717) is 16.8 Å². The van der Waals surface area contributed by atoms with Crippen LogP contribution in [0.1, 0.15) is 41.5 Å². The number of nitrogens with zero attached hydrogens (tertiary/aromatic N) is 5. The number of carbonyl (C=O) groups is 2. The third-order valence-corrected chi connectivity index (χ3v) is 4.63. The predicted molar refractivity (Wildman–Crippen MR) is 137 cm³/mol. The second kappa shape index (κ2) is 11.1. The molecule has 0 spiro atoms. The van der Waals surface area contributed by atoms with Gasteiger partial charge in [-0.2, -0.15) is 14.8 Å². The van der Waals surface area contributed by atoms with Crippen molar-refractivity contribution in [3.05, 3.63) is 48.1 Å². The zero-order chi connectivity index (χ0) is 27.4. The molecule has 0 radical (unpaired) electrons. The van der Waals surface area contributed by atoms with Gasteiger partial charge in [-0.1, -0.05) is 6.07 Å². The van der Waals surface area contributed by atoms with Crippen molar-refractivity contribution in [3.63, 3.8) is 0 Å². The fourth-order valence-corrected chi connectivity index (χ4v) is 3.21. The Labute approximate surface area is 220 Å². The molecule has 0 saturated heterocycles. The molecule has 0 atom stereocenters. The minimum Gasteiger partial charge on any atom is -0.465 e. The number of aromatic nitrogens is 4. The van der Waals surface area contributed by atoms with Gasteiger partial charge >= 0.3 is 12.2 Å². The lowest BCUT2D eigenvalue weighted by molar-refractivity contribution is 0.0501. The molecule has 2 aromatic heterocycles. The van der Waals surface area contributed by atoms with E-state index in [-0.39, 0.29) is 23.6 Å². The first-order valence-corrected chi connectivity index (χ1v) is 11.7. The van der Waals surface area contributed by atoms with Gasteiger partial charge in [-0.15, -0.1) is 0 Å². The molecule has 37 heavy (non-hydrogen) atoms. The molecular weight excluding hydrogens is 502 g/mol. The van der Waals surface area contributed by atoms with Crippen molar-refractivity contribution in [1.82, 2.24) is 19.7 Å². The Balaban J connectivity index is 2.06. The predicted octanol–water partition coefficient (Wildman–Crippen LogP) is 5.83. The van der Waals surface area contributed by atoms with E-state index in [0.717, 1.165) is 4.68 Å². The largest absolute Gasteiger partial charge is 0.465 e. The summed E-state index contributed by atoms with van der Waals surface area (Å²) in [5.74, 6) is 0.465. The van der Waals surface area contributed by atoms with Gasteiger partial charge in [0.05, 0.1) is 11.9 Å². The van der Waals surface area contributed by atoms with Crippen molar-refractivity contribution in [2.45, 2.75) is 52.7 Å². The van der Waals surface area contributed by atoms with Crippen molar-refractivity contribution in [3.8, 4) is 16.9 Å². The number of amides is 1. The lowest BCUT2D eigenvalue weighted by Crippen LogP contribution is -2.34. The summed E-state index contributed by atoms with van der Waals surface area (Å²) in [6, 6.07) is 6.61. The number of benzene rings is 1. The van der Waals surface area contributed by atoms with Crippen molar-refractivity contribution < 1.29 is 28.5 Å². The number of halogens is 1. The van der Waals surface area contributed by atoms with Crippen LogP contribution in [0, 0.1) is 0 Å². The molecule has 3 aromatic rings. The van der Waals surface area contributed by atoms with Crippen LogP contribution in [0.2, 0.25) is 5.28 Å². The van der Waals surface area contributed by atoms with Crippen LogP contribution in [0.4, 0.5) is 21.1 Å². The van der Waals surface area contributed by atoms with E-state index in [9.17, 15) is 9.59 Å². The summed E-state index contributed by atoms with van der Waals surface area (Å²) in [6.07, 6.45) is 3.18. The summed E-state index contributed by atoms with van der Waals surface area (Å²) in [6.45, 7) is 10.5. The van der Waals surface area contributed by atoms with Gasteiger partial charge in [0.2, 0.25) is 5.28 Å². The molecule has 0 unspecified atom stereocenters. The number of methoxy groups -OCH3 is 1. The van der Waals surface area contributed by atoms with Gasteiger partial charge in [-0.3, -0.25) is 0 Å².